The highest BCUT2D eigenvalue weighted by Gasteiger charge is 2.16. The third-order valence-corrected chi connectivity index (χ3v) is 4.20. The molecule has 4 aromatic rings. The Morgan fingerprint density at radius 3 is 2.43 bits per heavy atom. The Balaban J connectivity index is 2.16. The van der Waals surface area contributed by atoms with Gasteiger partial charge in [-0.05, 0) is 34.9 Å². The summed E-state index contributed by atoms with van der Waals surface area (Å²) in [6.07, 6.45) is 0. The molecule has 0 amide bonds. The van der Waals surface area contributed by atoms with E-state index < -0.39 is 0 Å². The molecule has 0 unspecified atom stereocenters. The van der Waals surface area contributed by atoms with Gasteiger partial charge in [-0.2, -0.15) is 0 Å². The van der Waals surface area contributed by atoms with Crippen LogP contribution in [-0.4, -0.2) is 0 Å². The Hall–Kier alpha value is -3.07. The molecule has 0 radical (unpaired) electrons. The van der Waals surface area contributed by atoms with Gasteiger partial charge in [-0.3, -0.25) is 4.79 Å². The lowest BCUT2D eigenvalue weighted by atomic mass is 9.97. The minimum absolute atomic E-state index is 0.0937. The quantitative estimate of drug-likeness (QED) is 0.563. The van der Waals surface area contributed by atoms with Gasteiger partial charge in [0.2, 0.25) is 11.3 Å². The van der Waals surface area contributed by atoms with Crippen molar-refractivity contribution in [1.29, 1.82) is 0 Å². The van der Waals surface area contributed by atoms with Crippen molar-refractivity contribution in [3.05, 3.63) is 76.5 Å². The van der Waals surface area contributed by atoms with Gasteiger partial charge in [0.25, 0.3) is 0 Å². The second kappa shape index (κ2) is 4.99. The van der Waals surface area contributed by atoms with Gasteiger partial charge in [-0.1, -0.05) is 54.6 Å². The number of hydrogen-bond donors (Lipinski definition) is 1. The van der Waals surface area contributed by atoms with Crippen LogP contribution < -0.4 is 11.2 Å². The number of para-hydroxylation sites is 1. The van der Waals surface area contributed by atoms with Crippen molar-refractivity contribution in [1.82, 2.24) is 0 Å². The normalized spacial score (nSPS) is 11.2. The van der Waals surface area contributed by atoms with Crippen LogP contribution in [0.15, 0.2) is 69.9 Å². The average molecular weight is 301 g/mol. The van der Waals surface area contributed by atoms with E-state index in [-0.39, 0.29) is 11.3 Å². The van der Waals surface area contributed by atoms with Gasteiger partial charge in [0.05, 0.1) is 10.9 Å². The summed E-state index contributed by atoms with van der Waals surface area (Å²) in [5, 5.41) is 2.61. The van der Waals surface area contributed by atoms with Crippen LogP contribution in [0.4, 0.5) is 5.88 Å². The van der Waals surface area contributed by atoms with E-state index in [0.29, 0.717) is 16.5 Å². The molecule has 3 nitrogen and oxygen atoms in total. The summed E-state index contributed by atoms with van der Waals surface area (Å²) in [6.45, 7) is 1.91. The molecule has 4 rings (SSSR count). The zero-order valence-corrected chi connectivity index (χ0v) is 12.7. The molecule has 1 aromatic heterocycles. The molecule has 2 N–H and O–H groups in total. The molecule has 23 heavy (non-hydrogen) atoms. The Morgan fingerprint density at radius 1 is 0.870 bits per heavy atom. The maximum atomic E-state index is 13.0. The first kappa shape index (κ1) is 13.6. The fourth-order valence-electron chi connectivity index (χ4n) is 3.07. The molecule has 3 heteroatoms. The fourth-order valence-corrected chi connectivity index (χ4v) is 3.07. The third kappa shape index (κ3) is 2.01. The van der Waals surface area contributed by atoms with Crippen molar-refractivity contribution in [2.45, 2.75) is 6.92 Å². The molecule has 0 saturated carbocycles. The van der Waals surface area contributed by atoms with Gasteiger partial charge in [-0.15, -0.1) is 0 Å². The van der Waals surface area contributed by atoms with E-state index in [9.17, 15) is 4.79 Å². The number of benzene rings is 3. The van der Waals surface area contributed by atoms with Crippen LogP contribution >= 0.6 is 0 Å². The summed E-state index contributed by atoms with van der Waals surface area (Å²) >= 11 is 0. The molecule has 0 spiro atoms. The van der Waals surface area contributed by atoms with Gasteiger partial charge in [0.15, 0.2) is 0 Å². The van der Waals surface area contributed by atoms with Crippen LogP contribution in [0.25, 0.3) is 32.9 Å². The van der Waals surface area contributed by atoms with Crippen LogP contribution in [0, 0.1) is 6.92 Å². The predicted octanol–water partition coefficient (Wildman–Crippen LogP) is 4.50. The maximum Gasteiger partial charge on any atom is 0.202 e. The van der Waals surface area contributed by atoms with Gasteiger partial charge >= 0.3 is 0 Å². The molecule has 0 aliphatic carbocycles. The third-order valence-electron chi connectivity index (χ3n) is 4.20. The highest BCUT2D eigenvalue weighted by Crippen LogP contribution is 2.32. The topological polar surface area (TPSA) is 56.2 Å². The Kier molecular flexibility index (Phi) is 2.95. The maximum absolute atomic E-state index is 13.0. The molecule has 112 valence electrons. The first-order chi connectivity index (χ1) is 11.2. The van der Waals surface area contributed by atoms with Crippen LogP contribution in [0.5, 0.6) is 0 Å². The molecule has 3 aromatic carbocycles. The van der Waals surface area contributed by atoms with Crippen molar-refractivity contribution in [3.63, 3.8) is 0 Å². The number of hydrogen-bond acceptors (Lipinski definition) is 3. The summed E-state index contributed by atoms with van der Waals surface area (Å²) in [7, 11) is 0. The Morgan fingerprint density at radius 2 is 1.57 bits per heavy atom. The zero-order valence-electron chi connectivity index (χ0n) is 12.7. The molecule has 1 heterocycles. The lowest BCUT2D eigenvalue weighted by Gasteiger charge is -2.10. The number of aryl methyl sites for hydroxylation is 1. The highest BCUT2D eigenvalue weighted by atomic mass is 16.3. The van der Waals surface area contributed by atoms with Crippen LogP contribution in [0.1, 0.15) is 5.56 Å². The lowest BCUT2D eigenvalue weighted by Crippen LogP contribution is -2.09. The van der Waals surface area contributed by atoms with E-state index >= 15 is 0 Å². The Bertz CT molecular complexity index is 1100. The summed E-state index contributed by atoms with van der Waals surface area (Å²) < 4.78 is 5.79. The number of nitrogens with two attached hydrogens (primary N) is 1. The first-order valence-corrected chi connectivity index (χ1v) is 7.47. The molecular weight excluding hydrogens is 286 g/mol. The average Bonchev–Trinajstić information content (AvgIpc) is 2.56. The summed E-state index contributed by atoms with van der Waals surface area (Å²) in [5.41, 5.74) is 8.71. The molecule has 0 atom stereocenters. The van der Waals surface area contributed by atoms with Crippen LogP contribution in [0.2, 0.25) is 0 Å². The van der Waals surface area contributed by atoms with E-state index in [1.54, 1.807) is 6.07 Å². The van der Waals surface area contributed by atoms with E-state index in [0.717, 1.165) is 21.9 Å². The minimum atomic E-state index is -0.0937. The van der Waals surface area contributed by atoms with E-state index in [1.807, 2.05) is 61.5 Å². The van der Waals surface area contributed by atoms with Crippen molar-refractivity contribution in [3.8, 4) is 11.1 Å². The second-order valence-corrected chi connectivity index (χ2v) is 5.65. The smallest absolute Gasteiger partial charge is 0.202 e. The summed E-state index contributed by atoms with van der Waals surface area (Å²) in [4.78, 5) is 13.0. The molecule has 0 saturated heterocycles. The van der Waals surface area contributed by atoms with Crippen molar-refractivity contribution < 1.29 is 4.42 Å². The number of anilines is 1. The van der Waals surface area contributed by atoms with Gasteiger partial charge in [0, 0.05) is 0 Å². The zero-order chi connectivity index (χ0) is 16.0. The van der Waals surface area contributed by atoms with E-state index in [1.165, 1.54) is 0 Å². The highest BCUT2D eigenvalue weighted by molar-refractivity contribution is 6.00. The van der Waals surface area contributed by atoms with Crippen LogP contribution in [0.3, 0.4) is 0 Å². The van der Waals surface area contributed by atoms with Crippen molar-refractivity contribution in [2.24, 2.45) is 0 Å². The predicted molar refractivity (Wildman–Crippen MR) is 94.6 cm³/mol. The second-order valence-electron chi connectivity index (χ2n) is 5.65. The minimum Gasteiger partial charge on any atom is -0.440 e. The molecule has 0 fully saturated rings. The molecule has 0 aliphatic rings. The number of rotatable bonds is 1. The van der Waals surface area contributed by atoms with Gasteiger partial charge in [0.1, 0.15) is 5.58 Å². The van der Waals surface area contributed by atoms with E-state index in [4.69, 9.17) is 10.2 Å². The summed E-state index contributed by atoms with van der Waals surface area (Å²) in [6, 6.07) is 19.3. The number of fused-ring (bicyclic) bond motifs is 2. The fraction of sp³-hybridized carbons (Fsp3) is 0.0500. The van der Waals surface area contributed by atoms with Crippen molar-refractivity contribution >= 4 is 27.6 Å². The first-order valence-electron chi connectivity index (χ1n) is 7.47. The standard InChI is InChI=1S/C20H15NO2/c1-12-6-4-11-16-18(22)17(20(21)23-19(12)16)15-10-5-8-13-7-2-3-9-14(13)15/h2-11H,21H2,1H3. The molecule has 0 bridgehead atoms. The summed E-state index contributed by atoms with van der Waals surface area (Å²) in [5.74, 6) is 0.160. The molecule has 0 aliphatic heterocycles. The van der Waals surface area contributed by atoms with Crippen molar-refractivity contribution in [2.75, 3.05) is 5.73 Å². The van der Waals surface area contributed by atoms with Gasteiger partial charge < -0.3 is 10.2 Å². The number of nitrogen functional groups attached to an aromatic ring is 1. The lowest BCUT2D eigenvalue weighted by molar-refractivity contribution is 0.624. The SMILES string of the molecule is Cc1cccc2c(=O)c(-c3cccc4ccccc34)c(N)oc12. The van der Waals surface area contributed by atoms with E-state index in [2.05, 4.69) is 0 Å². The van der Waals surface area contributed by atoms with Crippen LogP contribution in [-0.2, 0) is 0 Å². The Labute approximate surface area is 133 Å². The largest absolute Gasteiger partial charge is 0.440 e. The van der Waals surface area contributed by atoms with Gasteiger partial charge in [-0.25, -0.2) is 0 Å². The molecular formula is C20H15NO2. The monoisotopic (exact) mass is 301 g/mol.